The Morgan fingerprint density at radius 2 is 1.58 bits per heavy atom. The molecule has 0 aliphatic heterocycles. The zero-order valence-corrected chi connectivity index (χ0v) is 20.0. The number of ether oxygens (including phenoxy) is 2. The lowest BCUT2D eigenvalue weighted by molar-refractivity contribution is 0.0116. The molecule has 0 atom stereocenters. The van der Waals surface area contributed by atoms with Crippen LogP contribution in [0.4, 0.5) is 13.2 Å². The Hall–Kier alpha value is -2.01. The molecule has 3 rings (SSSR count). The van der Waals surface area contributed by atoms with E-state index in [1.54, 1.807) is 12.1 Å². The molecule has 2 nitrogen and oxygen atoms in total. The summed E-state index contributed by atoms with van der Waals surface area (Å²) in [4.78, 5) is 0. The summed E-state index contributed by atoms with van der Waals surface area (Å²) in [5.74, 6) is -1.11. The van der Waals surface area contributed by atoms with Gasteiger partial charge in [0.15, 0.2) is 11.6 Å². The first-order chi connectivity index (χ1) is 16.0. The third-order valence-electron chi connectivity index (χ3n) is 6.68. The van der Waals surface area contributed by atoms with E-state index in [1.807, 2.05) is 12.1 Å². The van der Waals surface area contributed by atoms with Crippen molar-refractivity contribution in [1.29, 1.82) is 0 Å². The SMILES string of the molecule is CCCCCCCCOc1ccc(C2CCC(OCc3ccc(C)c(F)c3F)CC2)c(F)c1. The Bertz CT molecular complexity index is 876. The van der Waals surface area contributed by atoms with Crippen LogP contribution in [0.3, 0.4) is 0 Å². The van der Waals surface area contributed by atoms with Gasteiger partial charge in [0, 0.05) is 11.6 Å². The minimum absolute atomic E-state index is 0.0204. The van der Waals surface area contributed by atoms with Crippen LogP contribution in [0.25, 0.3) is 0 Å². The van der Waals surface area contributed by atoms with Gasteiger partial charge in [0.05, 0.1) is 19.3 Å². The molecule has 182 valence electrons. The standard InChI is InChI=1S/C28H37F3O2/c1-3-4-5-6-7-8-17-32-24-15-16-25(26(29)18-24)21-11-13-23(14-12-21)33-19-22-10-9-20(2)27(30)28(22)31/h9-10,15-16,18,21,23H,3-8,11-14,17,19H2,1-2H3. The molecular weight excluding hydrogens is 425 g/mol. The van der Waals surface area contributed by atoms with Gasteiger partial charge in [0.25, 0.3) is 0 Å². The van der Waals surface area contributed by atoms with E-state index >= 15 is 0 Å². The van der Waals surface area contributed by atoms with E-state index in [1.165, 1.54) is 38.7 Å². The van der Waals surface area contributed by atoms with Crippen molar-refractivity contribution in [2.75, 3.05) is 6.61 Å². The van der Waals surface area contributed by atoms with Crippen LogP contribution in [0.1, 0.15) is 93.7 Å². The van der Waals surface area contributed by atoms with Gasteiger partial charge in [-0.2, -0.15) is 0 Å². The van der Waals surface area contributed by atoms with Crippen molar-refractivity contribution in [1.82, 2.24) is 0 Å². The third-order valence-corrected chi connectivity index (χ3v) is 6.68. The maximum Gasteiger partial charge on any atom is 0.164 e. The van der Waals surface area contributed by atoms with Gasteiger partial charge in [-0.1, -0.05) is 57.2 Å². The molecule has 1 fully saturated rings. The maximum absolute atomic E-state index is 14.7. The van der Waals surface area contributed by atoms with Gasteiger partial charge in [-0.3, -0.25) is 0 Å². The summed E-state index contributed by atoms with van der Waals surface area (Å²) in [5.41, 5.74) is 1.26. The highest BCUT2D eigenvalue weighted by Crippen LogP contribution is 2.36. The number of hydrogen-bond donors (Lipinski definition) is 0. The van der Waals surface area contributed by atoms with E-state index in [4.69, 9.17) is 9.47 Å². The van der Waals surface area contributed by atoms with Crippen molar-refractivity contribution >= 4 is 0 Å². The van der Waals surface area contributed by atoms with Crippen LogP contribution in [-0.2, 0) is 11.3 Å². The fourth-order valence-electron chi connectivity index (χ4n) is 4.55. The van der Waals surface area contributed by atoms with Crippen molar-refractivity contribution in [3.8, 4) is 5.75 Å². The van der Waals surface area contributed by atoms with Crippen molar-refractivity contribution in [2.45, 2.75) is 96.7 Å². The lowest BCUT2D eigenvalue weighted by atomic mass is 9.82. The Balaban J connectivity index is 1.41. The van der Waals surface area contributed by atoms with Crippen LogP contribution >= 0.6 is 0 Å². The summed E-state index contributed by atoms with van der Waals surface area (Å²) < 4.78 is 54.1. The van der Waals surface area contributed by atoms with Crippen LogP contribution in [0.2, 0.25) is 0 Å². The number of halogens is 3. The third kappa shape index (κ3) is 7.49. The molecule has 5 heteroatoms. The topological polar surface area (TPSA) is 18.5 Å². The van der Waals surface area contributed by atoms with Crippen LogP contribution < -0.4 is 4.74 Å². The van der Waals surface area contributed by atoms with Gasteiger partial charge in [0.2, 0.25) is 0 Å². The molecule has 0 N–H and O–H groups in total. The Morgan fingerprint density at radius 1 is 0.848 bits per heavy atom. The van der Waals surface area contributed by atoms with Gasteiger partial charge < -0.3 is 9.47 Å². The zero-order valence-electron chi connectivity index (χ0n) is 20.0. The molecule has 0 saturated heterocycles. The van der Waals surface area contributed by atoms with E-state index in [9.17, 15) is 13.2 Å². The largest absolute Gasteiger partial charge is 0.493 e. The maximum atomic E-state index is 14.7. The molecule has 0 bridgehead atoms. The highest BCUT2D eigenvalue weighted by Gasteiger charge is 2.25. The molecule has 0 radical (unpaired) electrons. The number of hydrogen-bond acceptors (Lipinski definition) is 2. The molecule has 2 aromatic carbocycles. The van der Waals surface area contributed by atoms with Gasteiger partial charge in [-0.25, -0.2) is 13.2 Å². The zero-order chi connectivity index (χ0) is 23.6. The number of rotatable bonds is 12. The average Bonchev–Trinajstić information content (AvgIpc) is 2.82. The summed E-state index contributed by atoms with van der Waals surface area (Å²) in [7, 11) is 0. The molecule has 0 heterocycles. The van der Waals surface area contributed by atoms with Crippen LogP contribution in [0.15, 0.2) is 30.3 Å². The van der Waals surface area contributed by atoms with Crippen molar-refractivity contribution in [3.63, 3.8) is 0 Å². The Kier molecular flexibility index (Phi) is 10.1. The predicted octanol–water partition coefficient (Wildman–Crippen LogP) is 8.39. The number of unbranched alkanes of at least 4 members (excludes halogenated alkanes) is 5. The van der Waals surface area contributed by atoms with Crippen molar-refractivity contribution in [3.05, 3.63) is 64.5 Å². The summed E-state index contributed by atoms with van der Waals surface area (Å²) in [6, 6.07) is 8.36. The lowest BCUT2D eigenvalue weighted by Gasteiger charge is -2.29. The van der Waals surface area contributed by atoms with Crippen LogP contribution in [-0.4, -0.2) is 12.7 Å². The van der Waals surface area contributed by atoms with Crippen LogP contribution in [0.5, 0.6) is 5.75 Å². The molecule has 0 aromatic heterocycles. The molecule has 0 unspecified atom stereocenters. The van der Waals surface area contributed by atoms with Gasteiger partial charge >= 0.3 is 0 Å². The van der Waals surface area contributed by atoms with E-state index in [0.717, 1.165) is 44.1 Å². The second kappa shape index (κ2) is 13.0. The molecule has 1 saturated carbocycles. The monoisotopic (exact) mass is 462 g/mol. The van der Waals surface area contributed by atoms with E-state index < -0.39 is 11.6 Å². The molecule has 1 aliphatic rings. The highest BCUT2D eigenvalue weighted by molar-refractivity contribution is 5.31. The molecule has 2 aromatic rings. The highest BCUT2D eigenvalue weighted by atomic mass is 19.2. The average molecular weight is 463 g/mol. The molecule has 1 aliphatic carbocycles. The van der Waals surface area contributed by atoms with E-state index in [2.05, 4.69) is 6.92 Å². The second-order valence-corrected chi connectivity index (χ2v) is 9.25. The summed E-state index contributed by atoms with van der Waals surface area (Å²) in [6.45, 7) is 4.42. The Morgan fingerprint density at radius 3 is 2.30 bits per heavy atom. The van der Waals surface area contributed by atoms with Crippen molar-refractivity contribution in [2.24, 2.45) is 0 Å². The normalized spacial score (nSPS) is 18.5. The fourth-order valence-corrected chi connectivity index (χ4v) is 4.55. The quantitative estimate of drug-likeness (QED) is 0.295. The first-order valence-electron chi connectivity index (χ1n) is 12.5. The summed E-state index contributed by atoms with van der Waals surface area (Å²) >= 11 is 0. The number of aryl methyl sites for hydroxylation is 1. The van der Waals surface area contributed by atoms with Gasteiger partial charge in [-0.15, -0.1) is 0 Å². The Labute approximate surface area is 196 Å². The van der Waals surface area contributed by atoms with E-state index in [-0.39, 0.29) is 35.6 Å². The minimum Gasteiger partial charge on any atom is -0.493 e. The second-order valence-electron chi connectivity index (χ2n) is 9.25. The van der Waals surface area contributed by atoms with E-state index in [0.29, 0.717) is 12.4 Å². The molecule has 33 heavy (non-hydrogen) atoms. The minimum atomic E-state index is -0.829. The van der Waals surface area contributed by atoms with Gasteiger partial charge in [0.1, 0.15) is 11.6 Å². The first-order valence-corrected chi connectivity index (χ1v) is 12.5. The molecular formula is C28H37F3O2. The number of benzene rings is 2. The molecule has 0 spiro atoms. The lowest BCUT2D eigenvalue weighted by Crippen LogP contribution is -2.21. The van der Waals surface area contributed by atoms with Crippen molar-refractivity contribution < 1.29 is 22.6 Å². The smallest absolute Gasteiger partial charge is 0.164 e. The van der Waals surface area contributed by atoms with Crippen LogP contribution in [0, 0.1) is 24.4 Å². The predicted molar refractivity (Wildman–Crippen MR) is 126 cm³/mol. The first kappa shape index (κ1) is 25.6. The summed E-state index contributed by atoms with van der Waals surface area (Å²) in [6.07, 6.45) is 10.3. The fraction of sp³-hybridized carbons (Fsp3) is 0.571. The van der Waals surface area contributed by atoms with Gasteiger partial charge in [-0.05, 0) is 62.1 Å². The molecule has 0 amide bonds. The summed E-state index contributed by atoms with van der Waals surface area (Å²) in [5, 5.41) is 0.